The van der Waals surface area contributed by atoms with Crippen LogP contribution in [-0.2, 0) is 19.2 Å². The van der Waals surface area contributed by atoms with Gasteiger partial charge in [0, 0.05) is 0 Å². The van der Waals surface area contributed by atoms with Crippen molar-refractivity contribution in [3.8, 4) is 0 Å². The average molecular weight is 444 g/mol. The Bertz CT molecular complexity index is 609. The number of carbonyl (C=O) groups is 4. The number of hydrogen-bond donors (Lipinski definition) is 7. The third-order valence-corrected chi connectivity index (χ3v) is 5.09. The van der Waals surface area contributed by atoms with E-state index in [2.05, 4.69) is 21.3 Å². The summed E-state index contributed by atoms with van der Waals surface area (Å²) in [5, 5.41) is 29.4. The van der Waals surface area contributed by atoms with Gasteiger partial charge in [-0.2, -0.15) is 0 Å². The van der Waals surface area contributed by atoms with E-state index in [1.54, 1.807) is 0 Å². The summed E-state index contributed by atoms with van der Waals surface area (Å²) in [6.45, 7) is 4.11. The van der Waals surface area contributed by atoms with Gasteiger partial charge in [-0.15, -0.1) is 0 Å². The fraction of sp³-hybridized carbons (Fsp3) is 0.800. The second kappa shape index (κ2) is 13.9. The van der Waals surface area contributed by atoms with E-state index >= 15 is 0 Å². The molecule has 11 nitrogen and oxygen atoms in total. The number of carboxylic acid groups (broad SMARTS) is 1. The van der Waals surface area contributed by atoms with Gasteiger partial charge in [-0.25, -0.2) is 4.79 Å². The van der Waals surface area contributed by atoms with E-state index in [0.29, 0.717) is 32.2 Å². The van der Waals surface area contributed by atoms with Gasteiger partial charge < -0.3 is 37.2 Å². The lowest BCUT2D eigenvalue weighted by Gasteiger charge is -2.24. The molecule has 0 bridgehead atoms. The van der Waals surface area contributed by atoms with Gasteiger partial charge in [-0.05, 0) is 57.5 Å². The summed E-state index contributed by atoms with van der Waals surface area (Å²) < 4.78 is 0. The molecule has 1 aliphatic rings. The molecule has 0 aromatic rings. The van der Waals surface area contributed by atoms with Crippen molar-refractivity contribution in [2.24, 2.45) is 11.7 Å². The van der Waals surface area contributed by atoms with Crippen molar-refractivity contribution in [1.29, 1.82) is 0 Å². The summed E-state index contributed by atoms with van der Waals surface area (Å²) in [7, 11) is 0. The molecule has 0 aliphatic carbocycles. The van der Waals surface area contributed by atoms with Crippen LogP contribution < -0.4 is 27.0 Å². The van der Waals surface area contributed by atoms with E-state index in [4.69, 9.17) is 5.73 Å². The molecule has 1 saturated heterocycles. The second-order valence-corrected chi connectivity index (χ2v) is 8.27. The van der Waals surface area contributed by atoms with Crippen molar-refractivity contribution in [3.63, 3.8) is 0 Å². The molecule has 3 amide bonds. The van der Waals surface area contributed by atoms with E-state index < -0.39 is 42.5 Å². The molecule has 0 aromatic carbocycles. The van der Waals surface area contributed by atoms with Crippen LogP contribution in [0.15, 0.2) is 0 Å². The van der Waals surface area contributed by atoms with Gasteiger partial charge in [0.05, 0.1) is 12.6 Å². The molecule has 178 valence electrons. The van der Waals surface area contributed by atoms with Gasteiger partial charge in [0.1, 0.15) is 18.1 Å². The highest BCUT2D eigenvalue weighted by Crippen LogP contribution is 2.08. The minimum Gasteiger partial charge on any atom is -0.480 e. The van der Waals surface area contributed by atoms with Gasteiger partial charge >= 0.3 is 5.97 Å². The molecule has 1 rings (SSSR count). The number of nitrogens with two attached hydrogens (primary N) is 1. The summed E-state index contributed by atoms with van der Waals surface area (Å²) in [4.78, 5) is 49.0. The number of aliphatic hydroxyl groups excluding tert-OH is 1. The monoisotopic (exact) mass is 443 g/mol. The lowest BCUT2D eigenvalue weighted by Crippen LogP contribution is -2.58. The van der Waals surface area contributed by atoms with Crippen LogP contribution in [0.1, 0.15) is 52.4 Å². The topological polar surface area (TPSA) is 183 Å². The molecule has 31 heavy (non-hydrogen) atoms. The summed E-state index contributed by atoms with van der Waals surface area (Å²) in [5.41, 5.74) is 5.51. The van der Waals surface area contributed by atoms with E-state index in [1.807, 2.05) is 13.8 Å². The van der Waals surface area contributed by atoms with Crippen LogP contribution in [0.4, 0.5) is 0 Å². The van der Waals surface area contributed by atoms with E-state index in [9.17, 15) is 29.4 Å². The maximum Gasteiger partial charge on any atom is 0.326 e. The zero-order chi connectivity index (χ0) is 23.4. The molecule has 1 heterocycles. The van der Waals surface area contributed by atoms with E-state index in [1.165, 1.54) is 0 Å². The molecule has 0 saturated carbocycles. The molecular formula is C20H37N5O6. The quantitative estimate of drug-likeness (QED) is 0.157. The fourth-order valence-electron chi connectivity index (χ4n) is 3.37. The first-order chi connectivity index (χ1) is 14.7. The number of nitrogens with one attached hydrogen (secondary N) is 4. The number of aliphatic hydroxyl groups is 1. The van der Waals surface area contributed by atoms with Crippen LogP contribution in [0.25, 0.3) is 0 Å². The second-order valence-electron chi connectivity index (χ2n) is 8.27. The Morgan fingerprint density at radius 1 is 1.03 bits per heavy atom. The Morgan fingerprint density at radius 2 is 1.68 bits per heavy atom. The highest BCUT2D eigenvalue weighted by molar-refractivity contribution is 5.94. The highest BCUT2D eigenvalue weighted by Gasteiger charge is 2.31. The van der Waals surface area contributed by atoms with Crippen molar-refractivity contribution >= 4 is 23.7 Å². The van der Waals surface area contributed by atoms with Gasteiger partial charge in [0.15, 0.2) is 0 Å². The zero-order valence-electron chi connectivity index (χ0n) is 18.4. The largest absolute Gasteiger partial charge is 0.480 e. The molecule has 11 heteroatoms. The number of amides is 3. The SMILES string of the molecule is CC(C)CC(NC(=O)C(CO)NC(=O)C(CCCCN)NC(=O)C1CCCN1)C(=O)O. The van der Waals surface area contributed by atoms with Crippen molar-refractivity contribution in [2.75, 3.05) is 19.7 Å². The number of hydrogen-bond acceptors (Lipinski definition) is 7. The Morgan fingerprint density at radius 3 is 2.19 bits per heavy atom. The fourth-order valence-corrected chi connectivity index (χ4v) is 3.37. The lowest BCUT2D eigenvalue weighted by atomic mass is 10.0. The van der Waals surface area contributed by atoms with Gasteiger partial charge in [0.25, 0.3) is 0 Å². The lowest BCUT2D eigenvalue weighted by molar-refractivity contribution is -0.143. The van der Waals surface area contributed by atoms with Gasteiger partial charge in [-0.3, -0.25) is 14.4 Å². The highest BCUT2D eigenvalue weighted by atomic mass is 16.4. The Labute approximate surface area is 182 Å². The number of unbranched alkanes of at least 4 members (excludes halogenated alkanes) is 1. The predicted octanol–water partition coefficient (Wildman–Crippen LogP) is -1.56. The zero-order valence-corrected chi connectivity index (χ0v) is 18.4. The molecule has 0 spiro atoms. The van der Waals surface area contributed by atoms with Gasteiger partial charge in [-0.1, -0.05) is 13.8 Å². The Hall–Kier alpha value is -2.24. The first-order valence-electron chi connectivity index (χ1n) is 10.9. The average Bonchev–Trinajstić information content (AvgIpc) is 3.25. The maximum atomic E-state index is 12.8. The van der Waals surface area contributed by atoms with Crippen LogP contribution >= 0.6 is 0 Å². The molecule has 1 aliphatic heterocycles. The van der Waals surface area contributed by atoms with E-state index in [0.717, 1.165) is 13.0 Å². The predicted molar refractivity (Wildman–Crippen MR) is 114 cm³/mol. The number of carbonyl (C=O) groups excluding carboxylic acids is 3. The first-order valence-corrected chi connectivity index (χ1v) is 10.9. The van der Waals surface area contributed by atoms with Crippen LogP contribution in [-0.4, -0.2) is 77.8 Å². The van der Waals surface area contributed by atoms with Crippen LogP contribution in [0, 0.1) is 5.92 Å². The first kappa shape index (κ1) is 26.8. The van der Waals surface area contributed by atoms with Crippen LogP contribution in [0.3, 0.4) is 0 Å². The Balaban J connectivity index is 2.77. The smallest absolute Gasteiger partial charge is 0.326 e. The van der Waals surface area contributed by atoms with Crippen molar-refractivity contribution in [3.05, 3.63) is 0 Å². The van der Waals surface area contributed by atoms with Crippen molar-refractivity contribution in [1.82, 2.24) is 21.3 Å². The maximum absolute atomic E-state index is 12.8. The van der Waals surface area contributed by atoms with Crippen LogP contribution in [0.2, 0.25) is 0 Å². The summed E-state index contributed by atoms with van der Waals surface area (Å²) >= 11 is 0. The minimum absolute atomic E-state index is 0.0231. The van der Waals surface area contributed by atoms with Crippen LogP contribution in [0.5, 0.6) is 0 Å². The van der Waals surface area contributed by atoms with E-state index in [-0.39, 0.29) is 24.3 Å². The molecule has 0 aromatic heterocycles. The van der Waals surface area contributed by atoms with Crippen molar-refractivity contribution < 1.29 is 29.4 Å². The summed E-state index contributed by atoms with van der Waals surface area (Å²) in [5.74, 6) is -2.88. The summed E-state index contributed by atoms with van der Waals surface area (Å²) in [6.07, 6.45) is 3.35. The Kier molecular flexibility index (Phi) is 12.1. The standard InChI is InChI=1S/C20H37N5O6/c1-12(2)10-15(20(30)31)24-19(29)16(11-26)25-18(28)14(6-3-4-8-21)23-17(27)13-7-5-9-22-13/h12-16,22,26H,3-11,21H2,1-2H3,(H,23,27)(H,24,29)(H,25,28)(H,30,31). The molecular weight excluding hydrogens is 406 g/mol. The minimum atomic E-state index is -1.33. The molecule has 1 fully saturated rings. The third kappa shape index (κ3) is 9.62. The summed E-state index contributed by atoms with van der Waals surface area (Å²) in [6, 6.07) is -3.73. The van der Waals surface area contributed by atoms with Gasteiger partial charge in [0.2, 0.25) is 17.7 Å². The molecule has 4 atom stereocenters. The molecule has 0 radical (unpaired) electrons. The molecule has 4 unspecified atom stereocenters. The number of rotatable bonds is 14. The molecule has 8 N–H and O–H groups in total. The number of carboxylic acids is 1. The number of aliphatic carboxylic acids is 1. The van der Waals surface area contributed by atoms with Crippen molar-refractivity contribution in [2.45, 2.75) is 76.5 Å². The third-order valence-electron chi connectivity index (χ3n) is 5.09. The normalized spacial score (nSPS) is 18.8.